The molecular formula is C14H13NO3. The SMILES string of the molecule is O=C1[C@@H]2CC=CC[C@H]2C(=O)N1c1ccccc1O. The Hall–Kier alpha value is -2.10. The van der Waals surface area contributed by atoms with Crippen LogP contribution in [0.1, 0.15) is 12.8 Å². The van der Waals surface area contributed by atoms with Gasteiger partial charge in [-0.1, -0.05) is 24.3 Å². The Morgan fingerprint density at radius 1 is 1.00 bits per heavy atom. The van der Waals surface area contributed by atoms with Gasteiger partial charge in [-0.2, -0.15) is 0 Å². The number of phenols is 1. The van der Waals surface area contributed by atoms with Crippen molar-refractivity contribution >= 4 is 17.5 Å². The van der Waals surface area contributed by atoms with Gasteiger partial charge in [0.05, 0.1) is 17.5 Å². The fourth-order valence-electron chi connectivity index (χ4n) is 2.69. The zero-order chi connectivity index (χ0) is 12.7. The number of amides is 2. The molecular weight excluding hydrogens is 230 g/mol. The third kappa shape index (κ3) is 1.45. The summed E-state index contributed by atoms with van der Waals surface area (Å²) in [5, 5.41) is 9.78. The highest BCUT2D eigenvalue weighted by atomic mass is 16.3. The predicted molar refractivity (Wildman–Crippen MR) is 66.0 cm³/mol. The van der Waals surface area contributed by atoms with E-state index in [1.54, 1.807) is 18.2 Å². The van der Waals surface area contributed by atoms with E-state index in [-0.39, 0.29) is 29.4 Å². The Morgan fingerprint density at radius 2 is 1.56 bits per heavy atom. The monoisotopic (exact) mass is 243 g/mol. The van der Waals surface area contributed by atoms with Gasteiger partial charge in [0, 0.05) is 0 Å². The minimum Gasteiger partial charge on any atom is -0.506 e. The number of carbonyl (C=O) groups excluding carboxylic acids is 2. The lowest BCUT2D eigenvalue weighted by Gasteiger charge is -2.15. The van der Waals surface area contributed by atoms with Crippen molar-refractivity contribution in [3.8, 4) is 5.75 Å². The minimum absolute atomic E-state index is 0.0363. The molecule has 2 aliphatic rings. The van der Waals surface area contributed by atoms with Crippen LogP contribution in [0.15, 0.2) is 36.4 Å². The van der Waals surface area contributed by atoms with Crippen LogP contribution in [-0.2, 0) is 9.59 Å². The van der Waals surface area contributed by atoms with E-state index < -0.39 is 0 Å². The van der Waals surface area contributed by atoms with Crippen molar-refractivity contribution in [3.63, 3.8) is 0 Å². The second-order valence-electron chi connectivity index (χ2n) is 4.66. The van der Waals surface area contributed by atoms with Crippen molar-refractivity contribution in [3.05, 3.63) is 36.4 Å². The van der Waals surface area contributed by atoms with E-state index in [1.807, 2.05) is 12.2 Å². The standard InChI is InChI=1S/C14H13NO3/c16-12-8-4-3-7-11(12)15-13(17)9-5-1-2-6-10(9)14(15)18/h1-4,7-10,16H,5-6H2/t9-,10-/m1/s1. The van der Waals surface area contributed by atoms with Crippen LogP contribution in [0.3, 0.4) is 0 Å². The van der Waals surface area contributed by atoms with Gasteiger partial charge in [-0.25, -0.2) is 4.90 Å². The van der Waals surface area contributed by atoms with Gasteiger partial charge in [0.15, 0.2) is 0 Å². The van der Waals surface area contributed by atoms with Crippen LogP contribution in [-0.4, -0.2) is 16.9 Å². The van der Waals surface area contributed by atoms with E-state index in [4.69, 9.17) is 0 Å². The topological polar surface area (TPSA) is 57.6 Å². The summed E-state index contributed by atoms with van der Waals surface area (Å²) in [6.07, 6.45) is 5.11. The maximum absolute atomic E-state index is 12.3. The summed E-state index contributed by atoms with van der Waals surface area (Å²) >= 11 is 0. The molecule has 1 aromatic carbocycles. The van der Waals surface area contributed by atoms with Crippen LogP contribution in [0.25, 0.3) is 0 Å². The largest absolute Gasteiger partial charge is 0.506 e. The number of hydrogen-bond donors (Lipinski definition) is 1. The normalized spacial score (nSPS) is 26.6. The third-order valence-corrected chi connectivity index (χ3v) is 3.63. The molecule has 1 fully saturated rings. The maximum Gasteiger partial charge on any atom is 0.238 e. The Kier molecular flexibility index (Phi) is 2.44. The van der Waals surface area contributed by atoms with E-state index in [0.717, 1.165) is 4.90 Å². The molecule has 2 amide bonds. The molecule has 0 bridgehead atoms. The zero-order valence-corrected chi connectivity index (χ0v) is 9.74. The summed E-state index contributed by atoms with van der Waals surface area (Å²) in [5.74, 6) is -0.957. The first-order valence-corrected chi connectivity index (χ1v) is 6.01. The second kappa shape index (κ2) is 3.98. The van der Waals surface area contributed by atoms with E-state index in [9.17, 15) is 14.7 Å². The summed E-state index contributed by atoms with van der Waals surface area (Å²) in [5.41, 5.74) is 0.293. The molecule has 1 heterocycles. The summed E-state index contributed by atoms with van der Waals surface area (Å²) in [6, 6.07) is 6.44. The Labute approximate surface area is 105 Å². The van der Waals surface area contributed by atoms with Crippen LogP contribution in [0, 0.1) is 11.8 Å². The lowest BCUT2D eigenvalue weighted by Crippen LogP contribution is -2.30. The molecule has 2 atom stereocenters. The van der Waals surface area contributed by atoms with Gasteiger partial charge in [0.25, 0.3) is 0 Å². The van der Waals surface area contributed by atoms with Gasteiger partial charge >= 0.3 is 0 Å². The average Bonchev–Trinajstić information content (AvgIpc) is 2.64. The molecule has 1 saturated heterocycles. The van der Waals surface area contributed by atoms with Crippen LogP contribution in [0.4, 0.5) is 5.69 Å². The average molecular weight is 243 g/mol. The van der Waals surface area contributed by atoms with Gasteiger partial charge in [-0.3, -0.25) is 9.59 Å². The number of nitrogens with zero attached hydrogens (tertiary/aromatic N) is 1. The molecule has 4 heteroatoms. The molecule has 1 N–H and O–H groups in total. The van der Waals surface area contributed by atoms with Crippen molar-refractivity contribution in [2.24, 2.45) is 11.8 Å². The Morgan fingerprint density at radius 3 is 2.11 bits per heavy atom. The number of rotatable bonds is 1. The lowest BCUT2D eigenvalue weighted by molar-refractivity contribution is -0.122. The predicted octanol–water partition coefficient (Wildman–Crippen LogP) is 1.85. The summed E-state index contributed by atoms with van der Waals surface area (Å²) in [4.78, 5) is 25.7. The highest BCUT2D eigenvalue weighted by Gasteiger charge is 2.48. The van der Waals surface area contributed by atoms with Crippen LogP contribution in [0.5, 0.6) is 5.75 Å². The first-order chi connectivity index (χ1) is 8.70. The van der Waals surface area contributed by atoms with Crippen LogP contribution in [0.2, 0.25) is 0 Å². The van der Waals surface area contributed by atoms with Gasteiger partial charge in [-0.05, 0) is 25.0 Å². The summed E-state index contributed by atoms with van der Waals surface area (Å²) < 4.78 is 0. The Bertz CT molecular complexity index is 524. The molecule has 18 heavy (non-hydrogen) atoms. The molecule has 1 aliphatic carbocycles. The number of aromatic hydroxyl groups is 1. The smallest absolute Gasteiger partial charge is 0.238 e. The maximum atomic E-state index is 12.3. The molecule has 92 valence electrons. The molecule has 1 aromatic rings. The van der Waals surface area contributed by atoms with E-state index in [1.165, 1.54) is 6.07 Å². The van der Waals surface area contributed by atoms with E-state index in [0.29, 0.717) is 18.5 Å². The molecule has 0 saturated carbocycles. The first-order valence-electron chi connectivity index (χ1n) is 6.01. The van der Waals surface area contributed by atoms with Gasteiger partial charge in [-0.15, -0.1) is 0 Å². The summed E-state index contributed by atoms with van der Waals surface area (Å²) in [7, 11) is 0. The van der Waals surface area contributed by atoms with Crippen molar-refractivity contribution in [2.75, 3.05) is 4.90 Å². The molecule has 1 aliphatic heterocycles. The van der Waals surface area contributed by atoms with Crippen LogP contribution >= 0.6 is 0 Å². The van der Waals surface area contributed by atoms with Gasteiger partial charge < -0.3 is 5.11 Å². The van der Waals surface area contributed by atoms with E-state index in [2.05, 4.69) is 0 Å². The molecule has 4 nitrogen and oxygen atoms in total. The number of anilines is 1. The number of allylic oxidation sites excluding steroid dienone is 2. The fraction of sp³-hybridized carbons (Fsp3) is 0.286. The number of carbonyl (C=O) groups is 2. The quantitative estimate of drug-likeness (QED) is 0.605. The van der Waals surface area contributed by atoms with Crippen molar-refractivity contribution < 1.29 is 14.7 Å². The van der Waals surface area contributed by atoms with Crippen molar-refractivity contribution in [2.45, 2.75) is 12.8 Å². The number of imide groups is 1. The van der Waals surface area contributed by atoms with Crippen molar-refractivity contribution in [1.29, 1.82) is 0 Å². The Balaban J connectivity index is 2.02. The number of fused-ring (bicyclic) bond motifs is 1. The molecule has 0 spiro atoms. The number of phenolic OH excluding ortho intramolecular Hbond substituents is 1. The minimum atomic E-state index is -0.262. The zero-order valence-electron chi connectivity index (χ0n) is 9.74. The fourth-order valence-corrected chi connectivity index (χ4v) is 2.69. The van der Waals surface area contributed by atoms with Gasteiger partial charge in [0.2, 0.25) is 11.8 Å². The lowest BCUT2D eigenvalue weighted by atomic mass is 9.85. The number of benzene rings is 1. The highest BCUT2D eigenvalue weighted by Crippen LogP contribution is 2.40. The number of hydrogen-bond acceptors (Lipinski definition) is 3. The number of para-hydroxylation sites is 2. The molecule has 0 aromatic heterocycles. The summed E-state index contributed by atoms with van der Waals surface area (Å²) in [6.45, 7) is 0. The van der Waals surface area contributed by atoms with E-state index >= 15 is 0 Å². The third-order valence-electron chi connectivity index (χ3n) is 3.63. The molecule has 3 rings (SSSR count). The highest BCUT2D eigenvalue weighted by molar-refractivity contribution is 6.22. The first kappa shape index (κ1) is 11.0. The molecule has 0 unspecified atom stereocenters. The van der Waals surface area contributed by atoms with Gasteiger partial charge in [0.1, 0.15) is 5.75 Å². The van der Waals surface area contributed by atoms with Crippen molar-refractivity contribution in [1.82, 2.24) is 0 Å². The second-order valence-corrected chi connectivity index (χ2v) is 4.66. The molecule has 0 radical (unpaired) electrons. The van der Waals surface area contributed by atoms with Crippen LogP contribution < -0.4 is 4.90 Å².